The van der Waals surface area contributed by atoms with Crippen molar-refractivity contribution in [2.75, 3.05) is 0 Å². The van der Waals surface area contributed by atoms with Gasteiger partial charge >= 0.3 is 0 Å². The lowest BCUT2D eigenvalue weighted by molar-refractivity contribution is -0.692. The van der Waals surface area contributed by atoms with Crippen LogP contribution in [0.3, 0.4) is 0 Å². The average Bonchev–Trinajstić information content (AvgIpc) is 3.15. The van der Waals surface area contributed by atoms with Gasteiger partial charge in [-0.2, -0.15) is 4.98 Å². The van der Waals surface area contributed by atoms with Crippen LogP contribution < -0.4 is 4.60 Å². The first kappa shape index (κ1) is 12.8. The second-order valence-electron chi connectivity index (χ2n) is 4.61. The van der Waals surface area contributed by atoms with Gasteiger partial charge in [0.15, 0.2) is 4.60 Å². The number of aromatic amines is 1. The Hall–Kier alpha value is -2.93. The summed E-state index contributed by atoms with van der Waals surface area (Å²) in [6.07, 6.45) is 0. The third-order valence-corrected chi connectivity index (χ3v) is 3.46. The number of benzene rings is 2. The smallest absolute Gasteiger partial charge is 0.272 e. The van der Waals surface area contributed by atoms with Gasteiger partial charge in [0, 0.05) is 22.2 Å². The largest absolute Gasteiger partial charge is 0.334 e. The van der Waals surface area contributed by atoms with E-state index in [1.807, 2.05) is 12.1 Å². The molecular formula is C14H8ClN4O3+. The molecule has 0 aliphatic rings. The zero-order valence-electron chi connectivity index (χ0n) is 11.0. The maximum absolute atomic E-state index is 11.3. The third kappa shape index (κ3) is 2.08. The summed E-state index contributed by atoms with van der Waals surface area (Å²) in [5.74, 6) is 0.806. The van der Waals surface area contributed by atoms with Crippen molar-refractivity contribution in [3.05, 3.63) is 52.4 Å². The van der Waals surface area contributed by atoms with Crippen LogP contribution in [0.4, 0.5) is 0 Å². The molecule has 0 unspecified atom stereocenters. The van der Waals surface area contributed by atoms with E-state index in [9.17, 15) is 4.91 Å². The highest BCUT2D eigenvalue weighted by Crippen LogP contribution is 2.24. The predicted molar refractivity (Wildman–Crippen MR) is 77.7 cm³/mol. The Balaban J connectivity index is 1.76. The number of rotatable bonds is 2. The maximum atomic E-state index is 11.3. The fraction of sp³-hybridized carbons (Fsp3) is 0. The van der Waals surface area contributed by atoms with E-state index in [2.05, 4.69) is 19.9 Å². The van der Waals surface area contributed by atoms with Crippen molar-refractivity contribution in [3.63, 3.8) is 0 Å². The number of hydrogen-bond donors (Lipinski definition) is 1. The molecule has 0 radical (unpaired) electrons. The van der Waals surface area contributed by atoms with E-state index in [1.165, 1.54) is 0 Å². The van der Waals surface area contributed by atoms with Gasteiger partial charge in [0.05, 0.1) is 0 Å². The van der Waals surface area contributed by atoms with Crippen LogP contribution >= 0.6 is 11.6 Å². The summed E-state index contributed by atoms with van der Waals surface area (Å²) in [5.41, 5.74) is 2.41. The van der Waals surface area contributed by atoms with Crippen molar-refractivity contribution in [3.8, 4) is 22.8 Å². The SMILES string of the molecule is O=[n+]1o[nH]c2cc(-c3nc(-c4ccc(Cl)cc4)no3)ccc21. The fourth-order valence-electron chi connectivity index (χ4n) is 2.11. The molecule has 0 atom stereocenters. The van der Waals surface area contributed by atoms with Crippen LogP contribution in [0.1, 0.15) is 0 Å². The quantitative estimate of drug-likeness (QED) is 0.614. The minimum absolute atomic E-state index is 0.346. The molecular weight excluding hydrogens is 308 g/mol. The van der Waals surface area contributed by atoms with E-state index in [1.54, 1.807) is 30.3 Å². The molecule has 1 N–H and O–H groups in total. The lowest BCUT2D eigenvalue weighted by Crippen LogP contribution is -2.07. The van der Waals surface area contributed by atoms with Gasteiger partial charge in [-0.3, -0.25) is 0 Å². The molecule has 0 aliphatic carbocycles. The minimum Gasteiger partial charge on any atom is -0.334 e. The van der Waals surface area contributed by atoms with Crippen molar-refractivity contribution < 1.29 is 13.8 Å². The summed E-state index contributed by atoms with van der Waals surface area (Å²) in [6.45, 7) is 0. The van der Waals surface area contributed by atoms with Gasteiger partial charge in [-0.05, 0) is 41.3 Å². The summed E-state index contributed by atoms with van der Waals surface area (Å²) in [5, 5.41) is 7.10. The van der Waals surface area contributed by atoms with Crippen LogP contribution in [0, 0.1) is 4.91 Å². The summed E-state index contributed by atoms with van der Waals surface area (Å²) >= 11 is 5.85. The Morgan fingerprint density at radius 1 is 1.09 bits per heavy atom. The highest BCUT2D eigenvalue weighted by Gasteiger charge is 2.15. The molecule has 4 aromatic rings. The molecule has 0 bridgehead atoms. The molecule has 7 nitrogen and oxygen atoms in total. The number of halogens is 1. The summed E-state index contributed by atoms with van der Waals surface area (Å²) in [6, 6.07) is 12.2. The van der Waals surface area contributed by atoms with E-state index in [0.717, 1.165) is 5.56 Å². The zero-order valence-corrected chi connectivity index (χ0v) is 11.7. The molecule has 0 aliphatic heterocycles. The average molecular weight is 316 g/mol. The molecule has 2 aromatic carbocycles. The summed E-state index contributed by atoms with van der Waals surface area (Å²) in [7, 11) is 0. The third-order valence-electron chi connectivity index (χ3n) is 3.21. The number of nitrogens with zero attached hydrogens (tertiary/aromatic N) is 3. The van der Waals surface area contributed by atoms with E-state index in [-0.39, 0.29) is 0 Å². The normalized spacial score (nSPS) is 11.1. The zero-order chi connectivity index (χ0) is 15.1. The Labute approximate surface area is 127 Å². The molecule has 0 saturated heterocycles. The fourth-order valence-corrected chi connectivity index (χ4v) is 2.23. The minimum atomic E-state index is 0.346. The van der Waals surface area contributed by atoms with Gasteiger partial charge in [0.1, 0.15) is 0 Å². The van der Waals surface area contributed by atoms with Crippen LogP contribution in [0.25, 0.3) is 33.9 Å². The number of hydrogen-bond acceptors (Lipinski definition) is 5. The highest BCUT2D eigenvalue weighted by molar-refractivity contribution is 6.30. The molecule has 108 valence electrons. The lowest BCUT2D eigenvalue weighted by atomic mass is 10.2. The highest BCUT2D eigenvalue weighted by atomic mass is 35.5. The first-order valence-electron chi connectivity index (χ1n) is 6.35. The van der Waals surface area contributed by atoms with Crippen LogP contribution in [0.2, 0.25) is 5.02 Å². The molecule has 0 amide bonds. The Morgan fingerprint density at radius 2 is 1.86 bits per heavy atom. The van der Waals surface area contributed by atoms with Crippen molar-refractivity contribution in [1.82, 2.24) is 15.3 Å². The molecule has 0 saturated carbocycles. The monoisotopic (exact) mass is 315 g/mol. The first-order valence-corrected chi connectivity index (χ1v) is 6.73. The Kier molecular flexibility index (Phi) is 2.80. The van der Waals surface area contributed by atoms with Crippen LogP contribution in [0.15, 0.2) is 51.6 Å². The van der Waals surface area contributed by atoms with Gasteiger partial charge in [-0.15, -0.1) is 0 Å². The van der Waals surface area contributed by atoms with E-state index >= 15 is 0 Å². The Bertz CT molecular complexity index is 1020. The van der Waals surface area contributed by atoms with Gasteiger partial charge in [-0.1, -0.05) is 26.5 Å². The van der Waals surface area contributed by atoms with E-state index in [4.69, 9.17) is 16.1 Å². The van der Waals surface area contributed by atoms with Crippen LogP contribution in [-0.2, 0) is 0 Å². The van der Waals surface area contributed by atoms with Crippen molar-refractivity contribution in [2.24, 2.45) is 0 Å². The molecule has 4 rings (SSSR count). The van der Waals surface area contributed by atoms with E-state index in [0.29, 0.717) is 37.9 Å². The van der Waals surface area contributed by atoms with Gasteiger partial charge in [-0.25, -0.2) is 0 Å². The van der Waals surface area contributed by atoms with Crippen LogP contribution in [-0.4, -0.2) is 15.3 Å². The lowest BCUT2D eigenvalue weighted by Gasteiger charge is -1.93. The number of aromatic nitrogens is 4. The van der Waals surface area contributed by atoms with Gasteiger partial charge < -0.3 is 4.52 Å². The molecule has 8 heteroatoms. The second-order valence-corrected chi connectivity index (χ2v) is 5.05. The summed E-state index contributed by atoms with van der Waals surface area (Å²) < 4.78 is 10.3. The van der Waals surface area contributed by atoms with Crippen molar-refractivity contribution in [2.45, 2.75) is 0 Å². The molecule has 0 fully saturated rings. The molecule has 2 aromatic heterocycles. The van der Waals surface area contributed by atoms with Crippen LogP contribution in [0.5, 0.6) is 0 Å². The second kappa shape index (κ2) is 4.81. The predicted octanol–water partition coefficient (Wildman–Crippen LogP) is 3.05. The molecule has 2 heterocycles. The first-order chi connectivity index (χ1) is 10.7. The van der Waals surface area contributed by atoms with Gasteiger partial charge in [0.2, 0.25) is 11.3 Å². The topological polar surface area (TPSA) is 90.8 Å². The molecule has 22 heavy (non-hydrogen) atoms. The molecule has 0 spiro atoms. The Morgan fingerprint density at radius 3 is 2.68 bits per heavy atom. The summed E-state index contributed by atoms with van der Waals surface area (Å²) in [4.78, 5) is 15.6. The number of nitrogens with one attached hydrogen (secondary N) is 1. The standard InChI is InChI=1S/C14H8ClN4O3/c15-10-4-1-8(2-5-10)13-16-14(21-18-13)9-3-6-12-11(7-9)17-22-19(12)20/h1-7,17H/q+1. The van der Waals surface area contributed by atoms with Gasteiger partial charge in [0.25, 0.3) is 11.4 Å². The number of H-pyrrole nitrogens is 1. The van der Waals surface area contributed by atoms with Crippen molar-refractivity contribution >= 4 is 22.6 Å². The number of fused-ring (bicyclic) bond motifs is 1. The maximum Gasteiger partial charge on any atom is 0.272 e. The van der Waals surface area contributed by atoms with E-state index < -0.39 is 0 Å². The van der Waals surface area contributed by atoms with Crippen molar-refractivity contribution in [1.29, 1.82) is 0 Å².